The van der Waals surface area contributed by atoms with E-state index in [0.29, 0.717) is 6.17 Å². The van der Waals surface area contributed by atoms with Gasteiger partial charge < -0.3 is 0 Å². The van der Waals surface area contributed by atoms with Crippen molar-refractivity contribution in [3.05, 3.63) is 0 Å². The lowest BCUT2D eigenvalue weighted by Crippen LogP contribution is -2.63. The summed E-state index contributed by atoms with van der Waals surface area (Å²) in [6.07, 6.45) is 0.329. The topological polar surface area (TPSA) is 35.7 Å². The van der Waals surface area contributed by atoms with Gasteiger partial charge >= 0.3 is 0 Å². The third kappa shape index (κ3) is 3.03. The fraction of sp³-hybridized carbons (Fsp3) is 1.00. The van der Waals surface area contributed by atoms with Gasteiger partial charge in [-0.25, -0.2) is 0 Å². The lowest BCUT2D eigenvalue weighted by atomic mass is 10.0. The van der Waals surface area contributed by atoms with Crippen LogP contribution in [0.1, 0.15) is 13.8 Å². The van der Waals surface area contributed by atoms with E-state index in [-0.39, 0.29) is 5.54 Å². The summed E-state index contributed by atoms with van der Waals surface area (Å²) in [7, 11) is 9.20. The average molecular weight is 204 g/mol. The summed E-state index contributed by atoms with van der Waals surface area (Å²) in [5.41, 5.74) is -0.0147. The highest BCUT2D eigenvalue weighted by atomic mass is 28.2. The highest BCUT2D eigenvalue weighted by Gasteiger charge is 2.34. The molecule has 5 heteroatoms. The minimum absolute atomic E-state index is 0.0147. The molecule has 13 heavy (non-hydrogen) atoms. The molecule has 0 bridgehead atoms. The minimum Gasteiger partial charge on any atom is -0.293 e. The van der Waals surface area contributed by atoms with Gasteiger partial charge in [0.05, 0.1) is 16.6 Å². The quantitative estimate of drug-likeness (QED) is 0.266. The molecule has 0 fully saturated rings. The summed E-state index contributed by atoms with van der Waals surface area (Å²) < 4.78 is 1.90. The Morgan fingerprint density at radius 3 is 1.46 bits per heavy atom. The molecule has 0 radical (unpaired) electrons. The molecule has 0 aromatic carbocycles. The molecule has 0 rings (SSSR count). The Bertz CT molecular complexity index is 148. The van der Waals surface area contributed by atoms with Crippen molar-refractivity contribution < 1.29 is 0 Å². The lowest BCUT2D eigenvalue weighted by Gasteiger charge is -2.46. The van der Waals surface area contributed by atoms with Crippen LogP contribution in [0.3, 0.4) is 0 Å². The van der Waals surface area contributed by atoms with Gasteiger partial charge in [-0.1, -0.05) is 0 Å². The largest absolute Gasteiger partial charge is 0.293 e. The van der Waals surface area contributed by atoms with Crippen LogP contribution >= 0.6 is 0 Å². The lowest BCUT2D eigenvalue weighted by molar-refractivity contribution is 0.00885. The maximum atomic E-state index is 5.89. The van der Waals surface area contributed by atoms with E-state index in [1.165, 1.54) is 0 Å². The molecule has 0 amide bonds. The molecule has 0 unspecified atom stereocenters. The van der Waals surface area contributed by atoms with Crippen LogP contribution < -0.4 is 5.84 Å². The first-order valence-corrected chi connectivity index (χ1v) is 5.42. The molecule has 0 saturated heterocycles. The SMILES string of the molecule is CN(C)C(N(C)C)C(C)(C)N(N)[SiH3]. The van der Waals surface area contributed by atoms with Gasteiger partial charge in [-0.15, -0.1) is 0 Å². The number of hydrazine groups is 1. The van der Waals surface area contributed by atoms with E-state index >= 15 is 0 Å². The van der Waals surface area contributed by atoms with Gasteiger partial charge in [-0.2, -0.15) is 0 Å². The first-order chi connectivity index (χ1) is 5.71. The molecule has 80 valence electrons. The highest BCUT2D eigenvalue weighted by Crippen LogP contribution is 2.19. The molecule has 0 spiro atoms. The number of likely N-dealkylation sites (N-methyl/N-ethyl adjacent to an activating group) is 2. The van der Waals surface area contributed by atoms with Crippen LogP contribution in [0.4, 0.5) is 0 Å². The fourth-order valence-corrected chi connectivity index (χ4v) is 2.14. The molecular formula is C8H24N4Si. The zero-order chi connectivity index (χ0) is 10.8. The van der Waals surface area contributed by atoms with Crippen LogP contribution in [-0.2, 0) is 0 Å². The maximum absolute atomic E-state index is 5.89. The van der Waals surface area contributed by atoms with Crippen LogP contribution in [-0.4, -0.2) is 64.8 Å². The summed E-state index contributed by atoms with van der Waals surface area (Å²) in [6.45, 7) is 4.34. The number of hydrogen-bond acceptors (Lipinski definition) is 4. The van der Waals surface area contributed by atoms with Gasteiger partial charge in [0.25, 0.3) is 0 Å². The molecule has 0 aliphatic heterocycles. The molecule has 2 N–H and O–H groups in total. The van der Waals surface area contributed by atoms with Gasteiger partial charge in [0.1, 0.15) is 0 Å². The Labute approximate surface area is 85.1 Å². The van der Waals surface area contributed by atoms with E-state index in [1.54, 1.807) is 0 Å². The smallest absolute Gasteiger partial charge is 0.0990 e. The van der Waals surface area contributed by atoms with Crippen molar-refractivity contribution in [3.8, 4) is 0 Å². The fourth-order valence-electron chi connectivity index (χ4n) is 1.91. The molecule has 4 nitrogen and oxygen atoms in total. The predicted octanol–water partition coefficient (Wildman–Crippen LogP) is -1.33. The Morgan fingerprint density at radius 2 is 1.38 bits per heavy atom. The first kappa shape index (κ1) is 13.1. The van der Waals surface area contributed by atoms with E-state index in [0.717, 1.165) is 10.4 Å². The zero-order valence-corrected chi connectivity index (χ0v) is 12.0. The molecule has 0 aromatic heterocycles. The second-order valence-electron chi connectivity index (χ2n) is 4.57. The second kappa shape index (κ2) is 4.52. The first-order valence-electron chi connectivity index (χ1n) is 4.52. The summed E-state index contributed by atoms with van der Waals surface area (Å²) in [5.74, 6) is 5.89. The summed E-state index contributed by atoms with van der Waals surface area (Å²) in [4.78, 5) is 4.38. The van der Waals surface area contributed by atoms with Crippen LogP contribution in [0, 0.1) is 0 Å². The van der Waals surface area contributed by atoms with Gasteiger partial charge in [-0.05, 0) is 42.0 Å². The summed E-state index contributed by atoms with van der Waals surface area (Å²) in [6, 6.07) is 0. The average Bonchev–Trinajstić information content (AvgIpc) is 1.82. The molecule has 0 atom stereocenters. The Balaban J connectivity index is 4.73. The van der Waals surface area contributed by atoms with Gasteiger partial charge in [0.15, 0.2) is 0 Å². The number of nitrogens with zero attached hydrogens (tertiary/aromatic N) is 3. The van der Waals surface area contributed by atoms with E-state index < -0.39 is 0 Å². The van der Waals surface area contributed by atoms with Crippen molar-refractivity contribution in [1.29, 1.82) is 0 Å². The van der Waals surface area contributed by atoms with Crippen molar-refractivity contribution in [1.82, 2.24) is 14.5 Å². The molecule has 0 aromatic rings. The van der Waals surface area contributed by atoms with E-state index in [9.17, 15) is 0 Å². The third-order valence-electron chi connectivity index (χ3n) is 2.52. The summed E-state index contributed by atoms with van der Waals surface area (Å²) in [5, 5.41) is 0. The van der Waals surface area contributed by atoms with Gasteiger partial charge in [0, 0.05) is 5.54 Å². The minimum atomic E-state index is -0.0147. The molecule has 0 aliphatic rings. The van der Waals surface area contributed by atoms with Gasteiger partial charge in [-0.3, -0.25) is 20.3 Å². The van der Waals surface area contributed by atoms with Crippen LogP contribution in [0.2, 0.25) is 0 Å². The predicted molar refractivity (Wildman–Crippen MR) is 61.2 cm³/mol. The molecule has 0 heterocycles. The van der Waals surface area contributed by atoms with Crippen molar-refractivity contribution in [2.45, 2.75) is 25.6 Å². The molecule has 0 aliphatic carbocycles. The van der Waals surface area contributed by atoms with Crippen molar-refractivity contribution in [2.75, 3.05) is 28.2 Å². The number of rotatable bonds is 4. The monoisotopic (exact) mass is 204 g/mol. The van der Waals surface area contributed by atoms with E-state index in [2.05, 4.69) is 51.8 Å². The highest BCUT2D eigenvalue weighted by molar-refractivity contribution is 6.04. The van der Waals surface area contributed by atoms with Crippen molar-refractivity contribution in [2.24, 2.45) is 5.84 Å². The third-order valence-corrected chi connectivity index (χ3v) is 3.67. The van der Waals surface area contributed by atoms with Crippen molar-refractivity contribution in [3.63, 3.8) is 0 Å². The standard InChI is InChI=1S/C8H24N4Si/c1-8(2,12(9)13)7(10(3)4)11(5)6/h7H,9H2,1-6,13H3. The van der Waals surface area contributed by atoms with Gasteiger partial charge in [0.2, 0.25) is 0 Å². The van der Waals surface area contributed by atoms with E-state index in [1.807, 2.05) is 4.67 Å². The summed E-state index contributed by atoms with van der Waals surface area (Å²) >= 11 is 0. The van der Waals surface area contributed by atoms with Crippen molar-refractivity contribution >= 4 is 10.4 Å². The van der Waals surface area contributed by atoms with Crippen LogP contribution in [0.25, 0.3) is 0 Å². The van der Waals surface area contributed by atoms with Crippen LogP contribution in [0.5, 0.6) is 0 Å². The normalized spacial score (nSPS) is 14.1. The number of hydrogen-bond donors (Lipinski definition) is 1. The Morgan fingerprint density at radius 1 is 1.08 bits per heavy atom. The maximum Gasteiger partial charge on any atom is 0.0990 e. The Hall–Kier alpha value is 0.0569. The van der Waals surface area contributed by atoms with E-state index in [4.69, 9.17) is 5.84 Å². The second-order valence-corrected chi connectivity index (χ2v) is 5.53. The molecule has 0 saturated carbocycles. The van der Waals surface area contributed by atoms with Crippen LogP contribution in [0.15, 0.2) is 0 Å². The molecular weight excluding hydrogens is 180 g/mol. The zero-order valence-electron chi connectivity index (χ0n) is 10.00. The Kier molecular flexibility index (Phi) is 4.54. The number of nitrogens with two attached hydrogens (primary N) is 1.